The number of alkyl halides is 3. The van der Waals surface area contributed by atoms with Crippen molar-refractivity contribution in [2.45, 2.75) is 24.9 Å². The van der Waals surface area contributed by atoms with E-state index < -0.39 is 17.7 Å². The second-order valence-corrected chi connectivity index (χ2v) is 6.83. The predicted octanol–water partition coefficient (Wildman–Crippen LogP) is 4.86. The summed E-state index contributed by atoms with van der Waals surface area (Å²) in [6.45, 7) is 0.914. The molecule has 0 spiro atoms. The lowest BCUT2D eigenvalue weighted by Crippen LogP contribution is -2.27. The molecular formula is C22H23F3N2O2. The average molecular weight is 404 g/mol. The molecule has 0 fully saturated rings. The molecule has 1 aromatic heterocycles. The summed E-state index contributed by atoms with van der Waals surface area (Å²) >= 11 is 0. The maximum Gasteiger partial charge on any atom is 0.416 e. The molecule has 29 heavy (non-hydrogen) atoms. The van der Waals surface area contributed by atoms with Gasteiger partial charge in [-0.2, -0.15) is 13.2 Å². The molecule has 0 aliphatic heterocycles. The number of amides is 1. The number of H-pyrrole nitrogens is 1. The number of methoxy groups -OCH3 is 1. The zero-order valence-corrected chi connectivity index (χ0v) is 16.1. The highest BCUT2D eigenvalue weighted by atomic mass is 19.4. The van der Waals surface area contributed by atoms with Crippen molar-refractivity contribution in [3.63, 3.8) is 0 Å². The Morgan fingerprint density at radius 2 is 1.83 bits per heavy atom. The van der Waals surface area contributed by atoms with E-state index in [0.717, 1.165) is 17.0 Å². The zero-order chi connectivity index (χ0) is 20.9. The Morgan fingerprint density at radius 3 is 2.59 bits per heavy atom. The van der Waals surface area contributed by atoms with Crippen molar-refractivity contribution >= 4 is 16.8 Å². The van der Waals surface area contributed by atoms with E-state index in [1.54, 1.807) is 19.4 Å². The van der Waals surface area contributed by atoms with Crippen LogP contribution in [-0.4, -0.2) is 31.2 Å². The Bertz CT molecular complexity index is 966. The Hall–Kier alpha value is -2.80. The number of para-hydroxylation sites is 1. The van der Waals surface area contributed by atoms with Crippen molar-refractivity contribution in [3.05, 3.63) is 71.4 Å². The summed E-state index contributed by atoms with van der Waals surface area (Å²) in [5.41, 5.74) is 0.862. The fourth-order valence-corrected chi connectivity index (χ4v) is 3.53. The molecule has 0 bridgehead atoms. The van der Waals surface area contributed by atoms with E-state index in [2.05, 4.69) is 10.3 Å². The van der Waals surface area contributed by atoms with Crippen molar-refractivity contribution in [1.29, 1.82) is 0 Å². The summed E-state index contributed by atoms with van der Waals surface area (Å²) in [6.07, 6.45) is -2.25. The lowest BCUT2D eigenvalue weighted by Gasteiger charge is -2.21. The molecule has 1 heterocycles. The standard InChI is InChI=1S/C22H23F3N2O2/c1-29-12-6-11-26-21(28)13-17(15-7-2-4-9-19(15)22(23,24)25)18-14-27-20-10-5-3-8-16(18)20/h2-5,7-10,14,17,27H,6,11-13H2,1H3,(H,26,28). The van der Waals surface area contributed by atoms with Crippen LogP contribution in [0, 0.1) is 0 Å². The molecule has 0 radical (unpaired) electrons. The number of ether oxygens (including phenoxy) is 1. The Kier molecular flexibility index (Phi) is 6.59. The average Bonchev–Trinajstić information content (AvgIpc) is 3.13. The number of nitrogens with one attached hydrogen (secondary N) is 2. The van der Waals surface area contributed by atoms with Gasteiger partial charge in [0.25, 0.3) is 0 Å². The van der Waals surface area contributed by atoms with Gasteiger partial charge in [-0.1, -0.05) is 36.4 Å². The molecule has 2 N–H and O–H groups in total. The van der Waals surface area contributed by atoms with Crippen LogP contribution in [0.2, 0.25) is 0 Å². The molecule has 1 unspecified atom stereocenters. The highest BCUT2D eigenvalue weighted by Gasteiger charge is 2.36. The van der Waals surface area contributed by atoms with Gasteiger partial charge < -0.3 is 15.0 Å². The number of carbonyl (C=O) groups is 1. The smallest absolute Gasteiger partial charge is 0.385 e. The van der Waals surface area contributed by atoms with E-state index >= 15 is 0 Å². The molecule has 0 saturated carbocycles. The molecule has 1 atom stereocenters. The van der Waals surface area contributed by atoms with Crippen molar-refractivity contribution < 1.29 is 22.7 Å². The number of fused-ring (bicyclic) bond motifs is 1. The minimum Gasteiger partial charge on any atom is -0.385 e. The van der Waals surface area contributed by atoms with Crippen LogP contribution < -0.4 is 5.32 Å². The van der Waals surface area contributed by atoms with Crippen LogP contribution in [0.4, 0.5) is 13.2 Å². The van der Waals surface area contributed by atoms with Crippen molar-refractivity contribution in [2.75, 3.05) is 20.3 Å². The number of aromatic amines is 1. The third-order valence-corrected chi connectivity index (χ3v) is 4.88. The van der Waals surface area contributed by atoms with Crippen LogP contribution in [0.3, 0.4) is 0 Å². The van der Waals surface area contributed by atoms with Gasteiger partial charge in [0.05, 0.1) is 5.56 Å². The van der Waals surface area contributed by atoms with Gasteiger partial charge in [0.2, 0.25) is 5.91 Å². The van der Waals surface area contributed by atoms with E-state index in [1.807, 2.05) is 24.3 Å². The topological polar surface area (TPSA) is 54.1 Å². The van der Waals surface area contributed by atoms with Gasteiger partial charge >= 0.3 is 6.18 Å². The highest BCUT2D eigenvalue weighted by molar-refractivity contribution is 5.86. The zero-order valence-electron chi connectivity index (χ0n) is 16.1. The normalized spacial score (nSPS) is 12.8. The molecule has 4 nitrogen and oxygen atoms in total. The molecule has 154 valence electrons. The summed E-state index contributed by atoms with van der Waals surface area (Å²) in [5, 5.41) is 3.58. The third kappa shape index (κ3) is 4.98. The summed E-state index contributed by atoms with van der Waals surface area (Å²) in [5.74, 6) is -1.03. The quantitative estimate of drug-likeness (QED) is 0.527. The Labute approximate surface area is 167 Å². The number of carbonyl (C=O) groups excluding carboxylic acids is 1. The lowest BCUT2D eigenvalue weighted by atomic mass is 9.85. The van der Waals surface area contributed by atoms with Crippen LogP contribution in [-0.2, 0) is 15.7 Å². The van der Waals surface area contributed by atoms with Crippen LogP contribution in [0.25, 0.3) is 10.9 Å². The lowest BCUT2D eigenvalue weighted by molar-refractivity contribution is -0.138. The summed E-state index contributed by atoms with van der Waals surface area (Å²) in [7, 11) is 1.57. The second kappa shape index (κ2) is 9.13. The molecule has 7 heteroatoms. The van der Waals surface area contributed by atoms with Crippen molar-refractivity contribution in [2.24, 2.45) is 0 Å². The highest BCUT2D eigenvalue weighted by Crippen LogP contribution is 2.40. The van der Waals surface area contributed by atoms with Crippen molar-refractivity contribution in [3.8, 4) is 0 Å². The third-order valence-electron chi connectivity index (χ3n) is 4.88. The molecule has 2 aromatic carbocycles. The fraction of sp³-hybridized carbons (Fsp3) is 0.318. The minimum atomic E-state index is -4.50. The van der Waals surface area contributed by atoms with Crippen LogP contribution in [0.5, 0.6) is 0 Å². The van der Waals surface area contributed by atoms with Gasteiger partial charge in [0, 0.05) is 49.7 Å². The SMILES string of the molecule is COCCCNC(=O)CC(c1ccccc1C(F)(F)F)c1c[nH]c2ccccc12. The van der Waals surface area contributed by atoms with Gasteiger partial charge in [0.15, 0.2) is 0 Å². The van der Waals surface area contributed by atoms with E-state index in [1.165, 1.54) is 12.1 Å². The molecule has 0 aliphatic carbocycles. The van der Waals surface area contributed by atoms with Gasteiger partial charge in [-0.15, -0.1) is 0 Å². The fourth-order valence-electron chi connectivity index (χ4n) is 3.53. The van der Waals surface area contributed by atoms with Crippen LogP contribution in [0.15, 0.2) is 54.7 Å². The van der Waals surface area contributed by atoms with E-state index in [4.69, 9.17) is 4.74 Å². The van der Waals surface area contributed by atoms with Gasteiger partial charge in [-0.05, 0) is 29.7 Å². The summed E-state index contributed by atoms with van der Waals surface area (Å²) in [6, 6.07) is 12.8. The first-order valence-electron chi connectivity index (χ1n) is 9.39. The van der Waals surface area contributed by atoms with E-state index in [0.29, 0.717) is 25.1 Å². The molecule has 0 aliphatic rings. The van der Waals surface area contributed by atoms with Gasteiger partial charge in [0.1, 0.15) is 0 Å². The molecule has 0 saturated heterocycles. The number of benzene rings is 2. The number of aromatic nitrogens is 1. The number of hydrogen-bond donors (Lipinski definition) is 2. The number of rotatable bonds is 8. The first kappa shape index (κ1) is 20.9. The Balaban J connectivity index is 1.98. The summed E-state index contributed by atoms with van der Waals surface area (Å²) in [4.78, 5) is 15.6. The van der Waals surface area contributed by atoms with Gasteiger partial charge in [-0.3, -0.25) is 4.79 Å². The Morgan fingerprint density at radius 1 is 1.10 bits per heavy atom. The predicted molar refractivity (Wildman–Crippen MR) is 106 cm³/mol. The molecule has 1 amide bonds. The van der Waals surface area contributed by atoms with Crippen molar-refractivity contribution in [1.82, 2.24) is 10.3 Å². The molecule has 3 rings (SSSR count). The summed E-state index contributed by atoms with van der Waals surface area (Å²) < 4.78 is 46.0. The van der Waals surface area contributed by atoms with Crippen LogP contribution in [0.1, 0.15) is 35.4 Å². The monoisotopic (exact) mass is 404 g/mol. The van der Waals surface area contributed by atoms with E-state index in [9.17, 15) is 18.0 Å². The first-order valence-corrected chi connectivity index (χ1v) is 9.39. The minimum absolute atomic E-state index is 0.0814. The molecular weight excluding hydrogens is 381 g/mol. The number of hydrogen-bond acceptors (Lipinski definition) is 2. The maximum absolute atomic E-state index is 13.7. The van der Waals surface area contributed by atoms with Gasteiger partial charge in [-0.25, -0.2) is 0 Å². The van der Waals surface area contributed by atoms with E-state index in [-0.39, 0.29) is 17.9 Å². The molecule has 3 aromatic rings. The van der Waals surface area contributed by atoms with Crippen LogP contribution >= 0.6 is 0 Å². The largest absolute Gasteiger partial charge is 0.416 e. The second-order valence-electron chi connectivity index (χ2n) is 6.83. The number of halogens is 3. The first-order chi connectivity index (χ1) is 13.9. The maximum atomic E-state index is 13.7.